The number of esters is 3. The number of hydrogen-bond acceptors (Lipinski definition) is 6. The normalized spacial score (nSPS) is 12.4. The van der Waals surface area contributed by atoms with Crippen molar-refractivity contribution in [3.63, 3.8) is 0 Å². The maximum atomic E-state index is 12.9. The van der Waals surface area contributed by atoms with Crippen LogP contribution in [0.1, 0.15) is 316 Å². The molecular formula is C65H116O6. The summed E-state index contributed by atoms with van der Waals surface area (Å²) in [6.45, 7) is 6.54. The molecule has 0 amide bonds. The van der Waals surface area contributed by atoms with Crippen molar-refractivity contribution in [2.24, 2.45) is 0 Å². The molecule has 0 rings (SSSR count). The Hall–Kier alpha value is -2.89. The maximum Gasteiger partial charge on any atom is 0.306 e. The number of hydrogen-bond donors (Lipinski definition) is 0. The van der Waals surface area contributed by atoms with Gasteiger partial charge < -0.3 is 14.2 Å². The third-order valence-corrected chi connectivity index (χ3v) is 13.5. The van der Waals surface area contributed by atoms with Gasteiger partial charge in [-0.15, -0.1) is 0 Å². The summed E-state index contributed by atoms with van der Waals surface area (Å²) in [4.78, 5) is 38.2. The van der Waals surface area contributed by atoms with Crippen LogP contribution in [-0.4, -0.2) is 37.2 Å². The van der Waals surface area contributed by atoms with Crippen LogP contribution in [0, 0.1) is 0 Å². The number of ether oxygens (including phenoxy) is 3. The number of carbonyl (C=O) groups excluding carboxylic acids is 3. The molecule has 0 aliphatic carbocycles. The van der Waals surface area contributed by atoms with Crippen molar-refractivity contribution in [1.29, 1.82) is 0 Å². The number of unbranched alkanes of at least 4 members (excludes halogenated alkanes) is 35. The summed E-state index contributed by atoms with van der Waals surface area (Å²) in [6, 6.07) is 0. The van der Waals surface area contributed by atoms with E-state index in [4.69, 9.17) is 14.2 Å². The van der Waals surface area contributed by atoms with Crippen LogP contribution in [0.25, 0.3) is 0 Å². The van der Waals surface area contributed by atoms with Crippen LogP contribution >= 0.6 is 0 Å². The van der Waals surface area contributed by atoms with Gasteiger partial charge in [-0.1, -0.05) is 274 Å². The Bertz CT molecular complexity index is 1280. The summed E-state index contributed by atoms with van der Waals surface area (Å²) >= 11 is 0. The molecule has 0 heterocycles. The van der Waals surface area contributed by atoms with Gasteiger partial charge >= 0.3 is 17.9 Å². The zero-order chi connectivity index (χ0) is 51.4. The predicted molar refractivity (Wildman–Crippen MR) is 307 cm³/mol. The van der Waals surface area contributed by atoms with E-state index in [1.165, 1.54) is 186 Å². The Morgan fingerprint density at radius 1 is 0.296 bits per heavy atom. The van der Waals surface area contributed by atoms with E-state index in [-0.39, 0.29) is 31.1 Å². The Morgan fingerprint density at radius 3 is 0.859 bits per heavy atom. The van der Waals surface area contributed by atoms with E-state index in [0.717, 1.165) is 89.9 Å². The molecule has 0 fully saturated rings. The van der Waals surface area contributed by atoms with Gasteiger partial charge in [-0.2, -0.15) is 0 Å². The van der Waals surface area contributed by atoms with Crippen molar-refractivity contribution >= 4 is 17.9 Å². The van der Waals surface area contributed by atoms with Crippen LogP contribution in [0.3, 0.4) is 0 Å². The van der Waals surface area contributed by atoms with Gasteiger partial charge in [0.15, 0.2) is 6.10 Å². The second kappa shape index (κ2) is 59.7. The SMILES string of the molecule is CC/C=C\C/C=C\C/C=C\CCCCCCCCCC(=O)OC(COC(=O)CCCCCCCCCCCCC)COC(=O)CCCCCCCCCCCCCCC/C=C\C/C=C\CCCCCCC. The molecule has 1 atom stereocenters. The van der Waals surface area contributed by atoms with Gasteiger partial charge in [0.05, 0.1) is 0 Å². The summed E-state index contributed by atoms with van der Waals surface area (Å²) in [5, 5.41) is 0. The number of rotatable bonds is 56. The predicted octanol–water partition coefficient (Wildman–Crippen LogP) is 20.8. The summed E-state index contributed by atoms with van der Waals surface area (Å²) in [5.41, 5.74) is 0. The van der Waals surface area contributed by atoms with Gasteiger partial charge in [0.1, 0.15) is 13.2 Å². The minimum Gasteiger partial charge on any atom is -0.462 e. The molecule has 0 aliphatic rings. The topological polar surface area (TPSA) is 78.9 Å². The molecule has 0 saturated carbocycles. The molecule has 412 valence electrons. The molecule has 0 bridgehead atoms. The molecule has 1 unspecified atom stereocenters. The average Bonchev–Trinajstić information content (AvgIpc) is 3.37. The van der Waals surface area contributed by atoms with Crippen molar-refractivity contribution in [3.05, 3.63) is 60.8 Å². The van der Waals surface area contributed by atoms with Crippen molar-refractivity contribution in [2.45, 2.75) is 322 Å². The fraction of sp³-hybridized carbons (Fsp3) is 0.800. The van der Waals surface area contributed by atoms with Crippen LogP contribution in [0.5, 0.6) is 0 Å². The Labute approximate surface area is 440 Å². The molecule has 71 heavy (non-hydrogen) atoms. The zero-order valence-corrected chi connectivity index (χ0v) is 47.2. The van der Waals surface area contributed by atoms with Crippen molar-refractivity contribution in [3.8, 4) is 0 Å². The van der Waals surface area contributed by atoms with Gasteiger partial charge in [-0.3, -0.25) is 14.4 Å². The molecular weight excluding hydrogens is 877 g/mol. The van der Waals surface area contributed by atoms with Gasteiger partial charge in [-0.25, -0.2) is 0 Å². The third kappa shape index (κ3) is 57.9. The van der Waals surface area contributed by atoms with Gasteiger partial charge in [0.25, 0.3) is 0 Å². The fourth-order valence-corrected chi connectivity index (χ4v) is 8.90. The molecule has 0 aliphatic heterocycles. The highest BCUT2D eigenvalue weighted by Gasteiger charge is 2.19. The molecule has 0 N–H and O–H groups in total. The van der Waals surface area contributed by atoms with Gasteiger partial charge in [0, 0.05) is 19.3 Å². The standard InChI is InChI=1S/C65H116O6/c1-4-7-10-13-16-19-22-24-26-28-29-30-31-32-33-34-35-37-38-40-43-46-49-52-55-58-64(67)70-61-62(60-69-63(66)57-54-51-48-45-42-21-18-15-12-9-6-3)71-65(68)59-56-53-50-47-44-41-39-36-27-25-23-20-17-14-11-8-5-2/h8,11,17,20,22,24-25,27-29,62H,4-7,9-10,12-16,18-19,21,23,26,30-61H2,1-3H3/b11-8-,20-17-,24-22-,27-25-,29-28-. The summed E-state index contributed by atoms with van der Waals surface area (Å²) < 4.78 is 16.9. The lowest BCUT2D eigenvalue weighted by Gasteiger charge is -2.18. The van der Waals surface area contributed by atoms with E-state index >= 15 is 0 Å². The molecule has 0 aromatic heterocycles. The molecule has 6 heteroatoms. The molecule has 0 spiro atoms. The molecule has 0 aromatic rings. The highest BCUT2D eigenvalue weighted by molar-refractivity contribution is 5.71. The average molecular weight is 994 g/mol. The van der Waals surface area contributed by atoms with Gasteiger partial charge in [-0.05, 0) is 83.5 Å². The first-order valence-electron chi connectivity index (χ1n) is 30.8. The van der Waals surface area contributed by atoms with E-state index in [1.807, 2.05) is 0 Å². The lowest BCUT2D eigenvalue weighted by molar-refractivity contribution is -0.167. The Kier molecular flexibility index (Phi) is 57.2. The van der Waals surface area contributed by atoms with Crippen LogP contribution in [0.2, 0.25) is 0 Å². The van der Waals surface area contributed by atoms with E-state index in [2.05, 4.69) is 81.5 Å². The fourth-order valence-electron chi connectivity index (χ4n) is 8.90. The Balaban J connectivity index is 4.24. The van der Waals surface area contributed by atoms with Crippen LogP contribution in [0.15, 0.2) is 60.8 Å². The highest BCUT2D eigenvalue weighted by atomic mass is 16.6. The minimum atomic E-state index is -0.778. The first-order chi connectivity index (χ1) is 35.0. The zero-order valence-electron chi connectivity index (χ0n) is 47.2. The number of allylic oxidation sites excluding steroid dienone is 10. The summed E-state index contributed by atoms with van der Waals surface area (Å²) in [6.07, 6.45) is 75.1. The van der Waals surface area contributed by atoms with Crippen molar-refractivity contribution in [1.82, 2.24) is 0 Å². The van der Waals surface area contributed by atoms with Crippen LogP contribution in [0.4, 0.5) is 0 Å². The van der Waals surface area contributed by atoms with Crippen molar-refractivity contribution < 1.29 is 28.6 Å². The summed E-state index contributed by atoms with van der Waals surface area (Å²) in [5.74, 6) is -0.872. The van der Waals surface area contributed by atoms with Crippen molar-refractivity contribution in [2.75, 3.05) is 13.2 Å². The second-order valence-electron chi connectivity index (χ2n) is 20.6. The van der Waals surface area contributed by atoms with E-state index in [9.17, 15) is 14.4 Å². The monoisotopic (exact) mass is 993 g/mol. The first-order valence-corrected chi connectivity index (χ1v) is 30.8. The quantitative estimate of drug-likeness (QED) is 0.0261. The minimum absolute atomic E-state index is 0.0753. The van der Waals surface area contributed by atoms with E-state index in [0.29, 0.717) is 19.3 Å². The lowest BCUT2D eigenvalue weighted by atomic mass is 10.0. The lowest BCUT2D eigenvalue weighted by Crippen LogP contribution is -2.30. The molecule has 6 nitrogen and oxygen atoms in total. The molecule has 0 radical (unpaired) electrons. The Morgan fingerprint density at radius 2 is 0.549 bits per heavy atom. The largest absolute Gasteiger partial charge is 0.462 e. The van der Waals surface area contributed by atoms with E-state index in [1.54, 1.807) is 0 Å². The highest BCUT2D eigenvalue weighted by Crippen LogP contribution is 2.17. The second-order valence-corrected chi connectivity index (χ2v) is 20.6. The smallest absolute Gasteiger partial charge is 0.306 e. The molecule has 0 saturated heterocycles. The number of carbonyl (C=O) groups is 3. The van der Waals surface area contributed by atoms with Crippen LogP contribution < -0.4 is 0 Å². The molecule has 0 aromatic carbocycles. The van der Waals surface area contributed by atoms with Crippen LogP contribution in [-0.2, 0) is 28.6 Å². The summed E-state index contributed by atoms with van der Waals surface area (Å²) in [7, 11) is 0. The first kappa shape index (κ1) is 68.1. The maximum absolute atomic E-state index is 12.9. The third-order valence-electron chi connectivity index (χ3n) is 13.5. The van der Waals surface area contributed by atoms with Gasteiger partial charge in [0.2, 0.25) is 0 Å². The van der Waals surface area contributed by atoms with E-state index < -0.39 is 6.10 Å².